The van der Waals surface area contributed by atoms with E-state index < -0.39 is 0 Å². The van der Waals surface area contributed by atoms with Crippen LogP contribution in [0.4, 0.5) is 0 Å². The highest BCUT2D eigenvalue weighted by Crippen LogP contribution is 1.91. The first kappa shape index (κ1) is 16.1. The van der Waals surface area contributed by atoms with E-state index in [-0.39, 0.29) is 0 Å². The number of nitrogens with one attached hydrogen (secondary N) is 1. The number of hydrogen-bond donors (Lipinski definition) is 1. The van der Waals surface area contributed by atoms with Crippen molar-refractivity contribution >= 4 is 0 Å². The molecule has 6 heteroatoms. The number of nitrogens with zero attached hydrogens (tertiary/aromatic N) is 2. The van der Waals surface area contributed by atoms with Crippen LogP contribution in [0.2, 0.25) is 0 Å². The van der Waals surface area contributed by atoms with Crippen LogP contribution in [0.3, 0.4) is 0 Å². The second-order valence-electron chi connectivity index (χ2n) is 4.33. The third-order valence-electron chi connectivity index (χ3n) is 2.59. The Morgan fingerprint density at radius 2 is 1.89 bits per heavy atom. The highest BCUT2D eigenvalue weighted by atomic mass is 16.5. The van der Waals surface area contributed by atoms with Crippen LogP contribution in [0.15, 0.2) is 18.7 Å². The lowest BCUT2D eigenvalue weighted by atomic mass is 10.3. The highest BCUT2D eigenvalue weighted by molar-refractivity contribution is 4.76. The number of aromatic nitrogens is 2. The molecule has 1 unspecified atom stereocenters. The second-order valence-corrected chi connectivity index (χ2v) is 4.33. The van der Waals surface area contributed by atoms with Crippen LogP contribution in [0.25, 0.3) is 0 Å². The van der Waals surface area contributed by atoms with Gasteiger partial charge in [-0.2, -0.15) is 0 Å². The number of methoxy groups -OCH3 is 1. The zero-order chi connectivity index (χ0) is 13.8. The molecular formula is C13H25N3O3. The highest BCUT2D eigenvalue weighted by Gasteiger charge is 2.01. The molecule has 1 rings (SSSR count). The molecule has 1 heterocycles. The molecule has 19 heavy (non-hydrogen) atoms. The van der Waals surface area contributed by atoms with Gasteiger partial charge in [-0.3, -0.25) is 0 Å². The summed E-state index contributed by atoms with van der Waals surface area (Å²) >= 11 is 0. The molecule has 0 fully saturated rings. The van der Waals surface area contributed by atoms with Crippen molar-refractivity contribution in [3.8, 4) is 0 Å². The molecule has 0 bridgehead atoms. The maximum absolute atomic E-state index is 5.45. The summed E-state index contributed by atoms with van der Waals surface area (Å²) < 4.78 is 17.7. The summed E-state index contributed by atoms with van der Waals surface area (Å²) in [5, 5.41) is 3.40. The zero-order valence-corrected chi connectivity index (χ0v) is 11.9. The summed E-state index contributed by atoms with van der Waals surface area (Å²) in [7, 11) is 1.66. The molecule has 1 atom stereocenters. The number of rotatable bonds is 12. The molecule has 0 aliphatic rings. The molecule has 0 saturated heterocycles. The molecule has 0 aliphatic carbocycles. The fourth-order valence-electron chi connectivity index (χ4n) is 1.62. The van der Waals surface area contributed by atoms with E-state index in [9.17, 15) is 0 Å². The molecule has 0 radical (unpaired) electrons. The molecule has 0 aliphatic heterocycles. The number of imidazole rings is 1. The van der Waals surface area contributed by atoms with E-state index >= 15 is 0 Å². The van der Waals surface area contributed by atoms with Crippen LogP contribution < -0.4 is 5.32 Å². The molecule has 0 spiro atoms. The third kappa shape index (κ3) is 8.72. The minimum Gasteiger partial charge on any atom is -0.382 e. The van der Waals surface area contributed by atoms with E-state index in [0.29, 0.717) is 39.1 Å². The molecule has 1 N–H and O–H groups in total. The van der Waals surface area contributed by atoms with E-state index in [1.165, 1.54) is 0 Å². The predicted molar refractivity (Wildman–Crippen MR) is 73.2 cm³/mol. The van der Waals surface area contributed by atoms with Crippen molar-refractivity contribution in [3.05, 3.63) is 18.7 Å². The normalized spacial score (nSPS) is 12.7. The molecule has 6 nitrogen and oxygen atoms in total. The van der Waals surface area contributed by atoms with Gasteiger partial charge in [-0.25, -0.2) is 4.98 Å². The lowest BCUT2D eigenvalue weighted by Gasteiger charge is -2.14. The van der Waals surface area contributed by atoms with Gasteiger partial charge in [-0.05, 0) is 6.92 Å². The van der Waals surface area contributed by atoms with Crippen LogP contribution in [-0.4, -0.2) is 62.3 Å². The summed E-state index contributed by atoms with van der Waals surface area (Å²) in [5.74, 6) is 0. The molecule has 0 aromatic carbocycles. The second kappa shape index (κ2) is 10.9. The van der Waals surface area contributed by atoms with Gasteiger partial charge < -0.3 is 24.1 Å². The Labute approximate surface area is 115 Å². The molecular weight excluding hydrogens is 246 g/mol. The molecule has 110 valence electrons. The van der Waals surface area contributed by atoms with Gasteiger partial charge in [-0.15, -0.1) is 0 Å². The first-order valence-electron chi connectivity index (χ1n) is 6.66. The third-order valence-corrected chi connectivity index (χ3v) is 2.59. The Kier molecular flexibility index (Phi) is 9.26. The quantitative estimate of drug-likeness (QED) is 0.562. The van der Waals surface area contributed by atoms with Gasteiger partial charge in [0.25, 0.3) is 0 Å². The fourth-order valence-corrected chi connectivity index (χ4v) is 1.62. The van der Waals surface area contributed by atoms with Gasteiger partial charge in [0.2, 0.25) is 0 Å². The maximum atomic E-state index is 5.45. The van der Waals surface area contributed by atoms with Crippen molar-refractivity contribution in [2.75, 3.05) is 46.7 Å². The van der Waals surface area contributed by atoms with Crippen LogP contribution in [-0.2, 0) is 20.8 Å². The first-order chi connectivity index (χ1) is 9.33. The molecule has 0 saturated carbocycles. The lowest BCUT2D eigenvalue weighted by Crippen LogP contribution is -2.33. The van der Waals surface area contributed by atoms with E-state index in [4.69, 9.17) is 14.2 Å². The minimum atomic E-state index is 0.399. The Bertz CT molecular complexity index is 293. The van der Waals surface area contributed by atoms with Crippen LogP contribution in [0.1, 0.15) is 6.92 Å². The molecule has 0 amide bonds. The fraction of sp³-hybridized carbons (Fsp3) is 0.769. The van der Waals surface area contributed by atoms with Gasteiger partial charge in [0.1, 0.15) is 0 Å². The van der Waals surface area contributed by atoms with Crippen molar-refractivity contribution in [2.45, 2.75) is 19.5 Å². The van der Waals surface area contributed by atoms with Gasteiger partial charge >= 0.3 is 0 Å². The summed E-state index contributed by atoms with van der Waals surface area (Å²) in [5.41, 5.74) is 0. The Hall–Kier alpha value is -0.950. The smallest absolute Gasteiger partial charge is 0.0946 e. The lowest BCUT2D eigenvalue weighted by molar-refractivity contribution is 0.0252. The average molecular weight is 271 g/mol. The van der Waals surface area contributed by atoms with Crippen LogP contribution in [0.5, 0.6) is 0 Å². The SMILES string of the molecule is COCCOCCOCCNC(C)Cn1ccnc1. The van der Waals surface area contributed by atoms with E-state index in [2.05, 4.69) is 21.8 Å². The van der Waals surface area contributed by atoms with Crippen LogP contribution in [0, 0.1) is 0 Å². The summed E-state index contributed by atoms with van der Waals surface area (Å²) in [6.07, 6.45) is 5.58. The van der Waals surface area contributed by atoms with E-state index in [1.54, 1.807) is 13.3 Å². The topological polar surface area (TPSA) is 57.5 Å². The molecule has 1 aromatic heterocycles. The Balaban J connectivity index is 1.85. The van der Waals surface area contributed by atoms with Crippen molar-refractivity contribution in [2.24, 2.45) is 0 Å². The van der Waals surface area contributed by atoms with Gasteiger partial charge in [0.05, 0.1) is 39.4 Å². The minimum absolute atomic E-state index is 0.399. The zero-order valence-electron chi connectivity index (χ0n) is 11.9. The largest absolute Gasteiger partial charge is 0.382 e. The number of ether oxygens (including phenoxy) is 3. The first-order valence-corrected chi connectivity index (χ1v) is 6.66. The van der Waals surface area contributed by atoms with Gasteiger partial charge in [0.15, 0.2) is 0 Å². The van der Waals surface area contributed by atoms with Crippen molar-refractivity contribution in [3.63, 3.8) is 0 Å². The summed E-state index contributed by atoms with van der Waals surface area (Å²) in [4.78, 5) is 4.01. The predicted octanol–water partition coefficient (Wildman–Crippen LogP) is 0.541. The summed E-state index contributed by atoms with van der Waals surface area (Å²) in [6, 6.07) is 0.399. The van der Waals surface area contributed by atoms with E-state index in [0.717, 1.165) is 13.1 Å². The molecule has 1 aromatic rings. The standard InChI is InChI=1S/C13H25N3O3/c1-13(11-16-5-3-14-12-16)15-4-6-18-9-10-19-8-7-17-2/h3,5,12-13,15H,4,6-11H2,1-2H3. The monoisotopic (exact) mass is 271 g/mol. The Morgan fingerprint density at radius 1 is 1.16 bits per heavy atom. The summed E-state index contributed by atoms with van der Waals surface area (Å²) in [6.45, 7) is 7.10. The van der Waals surface area contributed by atoms with Crippen molar-refractivity contribution in [1.82, 2.24) is 14.9 Å². The van der Waals surface area contributed by atoms with Crippen molar-refractivity contribution < 1.29 is 14.2 Å². The number of hydrogen-bond acceptors (Lipinski definition) is 5. The Morgan fingerprint density at radius 3 is 2.58 bits per heavy atom. The van der Waals surface area contributed by atoms with Crippen LogP contribution >= 0.6 is 0 Å². The van der Waals surface area contributed by atoms with Gasteiger partial charge in [0, 0.05) is 38.6 Å². The van der Waals surface area contributed by atoms with E-state index in [1.807, 2.05) is 12.5 Å². The maximum Gasteiger partial charge on any atom is 0.0946 e. The average Bonchev–Trinajstić information content (AvgIpc) is 2.89. The van der Waals surface area contributed by atoms with Gasteiger partial charge in [-0.1, -0.05) is 0 Å². The van der Waals surface area contributed by atoms with Crippen molar-refractivity contribution in [1.29, 1.82) is 0 Å².